The van der Waals surface area contributed by atoms with Crippen molar-refractivity contribution >= 4 is 27.6 Å². The highest BCUT2D eigenvalue weighted by Crippen LogP contribution is 2.21. The van der Waals surface area contributed by atoms with Gasteiger partial charge >= 0.3 is 5.97 Å². The van der Waals surface area contributed by atoms with E-state index in [1.54, 1.807) is 12.1 Å². The minimum Gasteiger partial charge on any atom is -0.465 e. The predicted octanol–water partition coefficient (Wildman–Crippen LogP) is 4.13. The Morgan fingerprint density at radius 3 is 2.67 bits per heavy atom. The van der Waals surface area contributed by atoms with Crippen molar-refractivity contribution in [2.24, 2.45) is 0 Å². The molecule has 0 amide bonds. The Labute approximate surface area is 129 Å². The summed E-state index contributed by atoms with van der Waals surface area (Å²) in [5.74, 6) is -1.39. The molecule has 2 rings (SSSR count). The number of ether oxygens (including phenoxy) is 1. The number of carbonyl (C=O) groups excluding carboxylic acids is 1. The monoisotopic (exact) mass is 355 g/mol. The second kappa shape index (κ2) is 6.67. The fourth-order valence-electron chi connectivity index (χ4n) is 1.80. The molecule has 0 aliphatic rings. The SMILES string of the molecule is COC(=O)c1ccc(F)cc1NCc1ccc(F)c(Br)c1. The smallest absolute Gasteiger partial charge is 0.339 e. The molecule has 0 bridgehead atoms. The van der Waals surface area contributed by atoms with Crippen molar-refractivity contribution in [3.05, 3.63) is 63.6 Å². The molecule has 6 heteroatoms. The van der Waals surface area contributed by atoms with Gasteiger partial charge in [0.15, 0.2) is 0 Å². The van der Waals surface area contributed by atoms with Gasteiger partial charge in [0.25, 0.3) is 0 Å². The minimum absolute atomic E-state index is 0.236. The molecule has 0 aliphatic heterocycles. The van der Waals surface area contributed by atoms with Crippen LogP contribution in [0.2, 0.25) is 0 Å². The van der Waals surface area contributed by atoms with E-state index in [0.717, 1.165) is 5.56 Å². The van der Waals surface area contributed by atoms with Gasteiger partial charge in [-0.05, 0) is 51.8 Å². The quantitative estimate of drug-likeness (QED) is 0.838. The van der Waals surface area contributed by atoms with Crippen LogP contribution in [0.3, 0.4) is 0 Å². The predicted molar refractivity (Wildman–Crippen MR) is 79.2 cm³/mol. The van der Waals surface area contributed by atoms with Gasteiger partial charge in [-0.1, -0.05) is 6.07 Å². The lowest BCUT2D eigenvalue weighted by molar-refractivity contribution is 0.0602. The highest BCUT2D eigenvalue weighted by Gasteiger charge is 2.12. The maximum Gasteiger partial charge on any atom is 0.339 e. The lowest BCUT2D eigenvalue weighted by atomic mass is 10.1. The number of esters is 1. The number of methoxy groups -OCH3 is 1. The van der Waals surface area contributed by atoms with Crippen LogP contribution in [0.15, 0.2) is 40.9 Å². The van der Waals surface area contributed by atoms with Crippen LogP contribution in [0.1, 0.15) is 15.9 Å². The standard InChI is InChI=1S/C15H12BrF2NO2/c1-21-15(20)11-4-3-10(17)7-14(11)19-8-9-2-5-13(18)12(16)6-9/h2-7,19H,8H2,1H3. The zero-order chi connectivity index (χ0) is 15.4. The first kappa shape index (κ1) is 15.4. The highest BCUT2D eigenvalue weighted by atomic mass is 79.9. The van der Waals surface area contributed by atoms with E-state index in [9.17, 15) is 13.6 Å². The molecule has 0 saturated carbocycles. The second-order valence-corrected chi connectivity index (χ2v) is 5.14. The molecular weight excluding hydrogens is 344 g/mol. The summed E-state index contributed by atoms with van der Waals surface area (Å²) in [6, 6.07) is 8.29. The Bertz CT molecular complexity index is 677. The molecule has 0 atom stereocenters. The lowest BCUT2D eigenvalue weighted by Gasteiger charge is -2.11. The van der Waals surface area contributed by atoms with Gasteiger partial charge in [0.1, 0.15) is 11.6 Å². The van der Waals surface area contributed by atoms with E-state index in [1.165, 1.54) is 31.4 Å². The summed E-state index contributed by atoms with van der Waals surface area (Å²) in [5.41, 5.74) is 1.34. The van der Waals surface area contributed by atoms with Crippen LogP contribution in [0, 0.1) is 11.6 Å². The average molecular weight is 356 g/mol. The van der Waals surface area contributed by atoms with E-state index in [0.29, 0.717) is 16.7 Å². The first-order valence-electron chi connectivity index (χ1n) is 6.07. The van der Waals surface area contributed by atoms with E-state index < -0.39 is 11.8 Å². The van der Waals surface area contributed by atoms with Crippen LogP contribution in [0.25, 0.3) is 0 Å². The Morgan fingerprint density at radius 1 is 1.24 bits per heavy atom. The molecule has 3 nitrogen and oxygen atoms in total. The largest absolute Gasteiger partial charge is 0.465 e. The van der Waals surface area contributed by atoms with Crippen molar-refractivity contribution in [3.63, 3.8) is 0 Å². The van der Waals surface area contributed by atoms with Crippen LogP contribution in [0.4, 0.5) is 14.5 Å². The summed E-state index contributed by atoms with van der Waals surface area (Å²) in [7, 11) is 1.26. The van der Waals surface area contributed by atoms with Crippen molar-refractivity contribution in [2.75, 3.05) is 12.4 Å². The molecule has 2 aromatic carbocycles. The molecule has 2 aromatic rings. The third-order valence-corrected chi connectivity index (χ3v) is 3.46. The zero-order valence-corrected chi connectivity index (χ0v) is 12.7. The number of nitrogens with one attached hydrogen (secondary N) is 1. The summed E-state index contributed by atoms with van der Waals surface area (Å²) in [6.45, 7) is 0.312. The van der Waals surface area contributed by atoms with E-state index in [1.807, 2.05) is 0 Å². The number of halogens is 3. The molecule has 1 N–H and O–H groups in total. The van der Waals surface area contributed by atoms with Crippen molar-refractivity contribution in [1.29, 1.82) is 0 Å². The Kier molecular flexibility index (Phi) is 4.90. The summed E-state index contributed by atoms with van der Waals surface area (Å²) in [5, 5.41) is 2.95. The third kappa shape index (κ3) is 3.78. The van der Waals surface area contributed by atoms with Crippen molar-refractivity contribution in [1.82, 2.24) is 0 Å². The van der Waals surface area contributed by atoms with Crippen LogP contribution >= 0.6 is 15.9 Å². The van der Waals surface area contributed by atoms with Gasteiger partial charge in [0.05, 0.1) is 22.8 Å². The van der Waals surface area contributed by atoms with Gasteiger partial charge < -0.3 is 10.1 Å². The maximum atomic E-state index is 13.3. The highest BCUT2D eigenvalue weighted by molar-refractivity contribution is 9.10. The van der Waals surface area contributed by atoms with Crippen LogP contribution < -0.4 is 5.32 Å². The molecule has 0 fully saturated rings. The normalized spacial score (nSPS) is 10.3. The summed E-state index contributed by atoms with van der Waals surface area (Å²) >= 11 is 3.10. The van der Waals surface area contributed by atoms with Crippen molar-refractivity contribution < 1.29 is 18.3 Å². The summed E-state index contributed by atoms with van der Waals surface area (Å²) < 4.78 is 31.4. The molecule has 0 unspecified atom stereocenters. The molecule has 0 radical (unpaired) electrons. The molecule has 0 spiro atoms. The number of hydrogen-bond donors (Lipinski definition) is 1. The average Bonchev–Trinajstić information content (AvgIpc) is 2.48. The Balaban J connectivity index is 2.20. The van der Waals surface area contributed by atoms with E-state index in [4.69, 9.17) is 0 Å². The summed E-state index contributed by atoms with van der Waals surface area (Å²) in [6.07, 6.45) is 0. The zero-order valence-electron chi connectivity index (χ0n) is 11.1. The first-order chi connectivity index (χ1) is 10.0. The maximum absolute atomic E-state index is 13.3. The lowest BCUT2D eigenvalue weighted by Crippen LogP contribution is -2.08. The fourth-order valence-corrected chi connectivity index (χ4v) is 2.22. The molecule has 21 heavy (non-hydrogen) atoms. The van der Waals surface area contributed by atoms with Gasteiger partial charge in [-0.25, -0.2) is 13.6 Å². The molecule has 0 saturated heterocycles. The van der Waals surface area contributed by atoms with Crippen molar-refractivity contribution in [3.8, 4) is 0 Å². The number of benzene rings is 2. The molecule has 0 aromatic heterocycles. The van der Waals surface area contributed by atoms with Crippen LogP contribution in [0.5, 0.6) is 0 Å². The number of hydrogen-bond acceptors (Lipinski definition) is 3. The van der Waals surface area contributed by atoms with E-state index in [2.05, 4.69) is 26.0 Å². The Morgan fingerprint density at radius 2 is 2.00 bits per heavy atom. The van der Waals surface area contributed by atoms with E-state index >= 15 is 0 Å². The molecular formula is C15H12BrF2NO2. The Hall–Kier alpha value is -1.95. The summed E-state index contributed by atoms with van der Waals surface area (Å²) in [4.78, 5) is 11.6. The number of rotatable bonds is 4. The third-order valence-electron chi connectivity index (χ3n) is 2.85. The molecule has 110 valence electrons. The van der Waals surface area contributed by atoms with Gasteiger partial charge in [-0.15, -0.1) is 0 Å². The number of carbonyl (C=O) groups is 1. The van der Waals surface area contributed by atoms with Gasteiger partial charge in [-0.3, -0.25) is 0 Å². The van der Waals surface area contributed by atoms with Gasteiger partial charge in [-0.2, -0.15) is 0 Å². The number of anilines is 1. The van der Waals surface area contributed by atoms with Gasteiger partial charge in [0, 0.05) is 6.54 Å². The topological polar surface area (TPSA) is 38.3 Å². The van der Waals surface area contributed by atoms with Crippen LogP contribution in [-0.2, 0) is 11.3 Å². The minimum atomic E-state index is -0.558. The molecule has 0 aliphatic carbocycles. The van der Waals surface area contributed by atoms with Crippen LogP contribution in [-0.4, -0.2) is 13.1 Å². The van der Waals surface area contributed by atoms with Crippen molar-refractivity contribution in [2.45, 2.75) is 6.54 Å². The second-order valence-electron chi connectivity index (χ2n) is 4.28. The fraction of sp³-hybridized carbons (Fsp3) is 0.133. The first-order valence-corrected chi connectivity index (χ1v) is 6.86. The van der Waals surface area contributed by atoms with E-state index in [-0.39, 0.29) is 11.4 Å². The molecule has 0 heterocycles. The van der Waals surface area contributed by atoms with Gasteiger partial charge in [0.2, 0.25) is 0 Å².